The van der Waals surface area contributed by atoms with Gasteiger partial charge in [0, 0.05) is 6.42 Å². The second kappa shape index (κ2) is 15.9. The lowest BCUT2D eigenvalue weighted by Crippen LogP contribution is -2.57. The zero-order valence-electron chi connectivity index (χ0n) is 24.4. The van der Waals surface area contributed by atoms with Crippen molar-refractivity contribution in [2.24, 2.45) is 5.92 Å². The van der Waals surface area contributed by atoms with E-state index >= 15 is 0 Å². The average molecular weight is 592 g/mol. The normalized spacial score (nSPS) is 12.9. The minimum absolute atomic E-state index is 0.00788. The smallest absolute Gasteiger partial charge is 0.408 e. The Balaban J connectivity index is 1.85. The largest absolute Gasteiger partial charge is 0.480 e. The van der Waals surface area contributed by atoms with Gasteiger partial charge in [-0.3, -0.25) is 14.4 Å². The predicted molar refractivity (Wildman–Crippen MR) is 159 cm³/mol. The van der Waals surface area contributed by atoms with Crippen LogP contribution in [0.3, 0.4) is 0 Å². The molecule has 11 nitrogen and oxygen atoms in total. The molecule has 11 heteroatoms. The van der Waals surface area contributed by atoms with Crippen LogP contribution in [0.4, 0.5) is 4.79 Å². The van der Waals surface area contributed by atoms with E-state index in [1.165, 1.54) is 0 Å². The van der Waals surface area contributed by atoms with Gasteiger partial charge in [0.1, 0.15) is 24.7 Å². The van der Waals surface area contributed by atoms with Gasteiger partial charge in [0.25, 0.3) is 0 Å². The summed E-state index contributed by atoms with van der Waals surface area (Å²) in [6.07, 6.45) is -1.46. The van der Waals surface area contributed by atoms with Gasteiger partial charge >= 0.3 is 18.0 Å². The summed E-state index contributed by atoms with van der Waals surface area (Å²) in [5, 5.41) is 18.9. The van der Waals surface area contributed by atoms with E-state index in [0.29, 0.717) is 5.56 Å². The predicted octanol–water partition coefficient (Wildman–Crippen LogP) is 3.34. The maximum Gasteiger partial charge on any atom is 0.408 e. The second-order valence-corrected chi connectivity index (χ2v) is 10.2. The number of carboxylic acid groups (broad SMARTS) is 1. The number of benzene rings is 3. The maximum absolute atomic E-state index is 13.5. The van der Waals surface area contributed by atoms with Gasteiger partial charge in [0.15, 0.2) is 0 Å². The number of hydrogen-bond donors (Lipinski definition) is 4. The van der Waals surface area contributed by atoms with E-state index in [1.807, 2.05) is 42.5 Å². The Labute approximate surface area is 249 Å². The Hall–Kier alpha value is -4.93. The van der Waals surface area contributed by atoms with Gasteiger partial charge in [0.2, 0.25) is 11.8 Å². The first-order valence-electron chi connectivity index (χ1n) is 14.0. The molecule has 3 aromatic rings. The van der Waals surface area contributed by atoms with Crippen molar-refractivity contribution in [1.29, 1.82) is 0 Å². The Morgan fingerprint density at radius 1 is 0.767 bits per heavy atom. The molecular weight excluding hydrogens is 554 g/mol. The Morgan fingerprint density at radius 3 is 2.09 bits per heavy atom. The SMILES string of the molecule is CCOC(=O)C[C@H](NC(=O)OCc1ccccc1)C(=O)N[C@@H](Cc1cccc2ccccc12)C(=O)N[C@H](C(=O)O)C(C)C. The summed E-state index contributed by atoms with van der Waals surface area (Å²) in [6.45, 7) is 4.89. The Bertz CT molecular complexity index is 1420. The number of amides is 3. The van der Waals surface area contributed by atoms with Crippen molar-refractivity contribution in [2.45, 2.75) is 58.3 Å². The fourth-order valence-electron chi connectivity index (χ4n) is 4.44. The summed E-state index contributed by atoms with van der Waals surface area (Å²) < 4.78 is 10.2. The van der Waals surface area contributed by atoms with Crippen molar-refractivity contribution >= 4 is 40.6 Å². The highest BCUT2D eigenvalue weighted by molar-refractivity contribution is 5.95. The topological polar surface area (TPSA) is 160 Å². The van der Waals surface area contributed by atoms with Gasteiger partial charge in [-0.2, -0.15) is 0 Å². The van der Waals surface area contributed by atoms with Crippen molar-refractivity contribution in [1.82, 2.24) is 16.0 Å². The molecule has 3 aromatic carbocycles. The number of nitrogens with one attached hydrogen (secondary N) is 3. The summed E-state index contributed by atoms with van der Waals surface area (Å²) in [5.74, 6) is -3.98. The molecule has 43 heavy (non-hydrogen) atoms. The molecule has 3 atom stereocenters. The fraction of sp³-hybridized carbons (Fsp3) is 0.344. The Morgan fingerprint density at radius 2 is 1.42 bits per heavy atom. The van der Waals surface area contributed by atoms with Gasteiger partial charge < -0.3 is 30.5 Å². The molecule has 3 amide bonds. The first kappa shape index (κ1) is 32.6. The van der Waals surface area contributed by atoms with E-state index in [0.717, 1.165) is 16.3 Å². The van der Waals surface area contributed by atoms with Crippen LogP contribution in [-0.4, -0.2) is 59.7 Å². The van der Waals surface area contributed by atoms with Gasteiger partial charge in [-0.1, -0.05) is 86.6 Å². The average Bonchev–Trinajstić information content (AvgIpc) is 2.98. The van der Waals surface area contributed by atoms with Crippen LogP contribution in [0.25, 0.3) is 10.8 Å². The molecule has 0 aliphatic rings. The van der Waals surface area contributed by atoms with Crippen LogP contribution < -0.4 is 16.0 Å². The highest BCUT2D eigenvalue weighted by Gasteiger charge is 2.32. The molecule has 228 valence electrons. The first-order chi connectivity index (χ1) is 20.6. The van der Waals surface area contributed by atoms with E-state index in [-0.39, 0.29) is 19.6 Å². The van der Waals surface area contributed by atoms with Crippen molar-refractivity contribution in [3.8, 4) is 0 Å². The monoisotopic (exact) mass is 591 g/mol. The minimum atomic E-state index is -1.44. The number of carbonyl (C=O) groups excluding carboxylic acids is 4. The zero-order chi connectivity index (χ0) is 31.4. The van der Waals surface area contributed by atoms with Gasteiger partial charge in [-0.25, -0.2) is 9.59 Å². The number of hydrogen-bond acceptors (Lipinski definition) is 7. The number of alkyl carbamates (subject to hydrolysis) is 1. The zero-order valence-corrected chi connectivity index (χ0v) is 24.4. The van der Waals surface area contributed by atoms with Crippen LogP contribution >= 0.6 is 0 Å². The third-order valence-corrected chi connectivity index (χ3v) is 6.66. The van der Waals surface area contributed by atoms with Crippen molar-refractivity contribution in [2.75, 3.05) is 6.61 Å². The lowest BCUT2D eigenvalue weighted by molar-refractivity contribution is -0.146. The molecule has 0 saturated heterocycles. The summed E-state index contributed by atoms with van der Waals surface area (Å²) >= 11 is 0. The first-order valence-corrected chi connectivity index (χ1v) is 14.0. The molecule has 0 saturated carbocycles. The van der Waals surface area contributed by atoms with Gasteiger partial charge in [0.05, 0.1) is 13.0 Å². The third-order valence-electron chi connectivity index (χ3n) is 6.66. The lowest BCUT2D eigenvalue weighted by atomic mass is 9.97. The van der Waals surface area contributed by atoms with Crippen LogP contribution in [0.15, 0.2) is 72.8 Å². The molecule has 0 aliphatic carbocycles. The van der Waals surface area contributed by atoms with E-state index in [2.05, 4.69) is 16.0 Å². The second-order valence-electron chi connectivity index (χ2n) is 10.2. The number of rotatable bonds is 14. The van der Waals surface area contributed by atoms with Crippen LogP contribution in [0.2, 0.25) is 0 Å². The van der Waals surface area contributed by atoms with E-state index in [9.17, 15) is 29.1 Å². The van der Waals surface area contributed by atoms with Crippen molar-refractivity contribution < 1.29 is 38.6 Å². The molecule has 0 aromatic heterocycles. The van der Waals surface area contributed by atoms with Gasteiger partial charge in [-0.05, 0) is 34.7 Å². The highest BCUT2D eigenvalue weighted by atomic mass is 16.5. The summed E-state index contributed by atoms with van der Waals surface area (Å²) in [4.78, 5) is 63.8. The number of carboxylic acids is 1. The molecule has 3 rings (SSSR count). The molecule has 0 unspecified atom stereocenters. The fourth-order valence-corrected chi connectivity index (χ4v) is 4.44. The van der Waals surface area contributed by atoms with Crippen LogP contribution in [0.5, 0.6) is 0 Å². The van der Waals surface area contributed by atoms with E-state index in [1.54, 1.807) is 51.1 Å². The van der Waals surface area contributed by atoms with E-state index in [4.69, 9.17) is 9.47 Å². The molecule has 0 spiro atoms. The van der Waals surface area contributed by atoms with Crippen LogP contribution in [-0.2, 0) is 41.7 Å². The molecule has 0 radical (unpaired) electrons. The van der Waals surface area contributed by atoms with E-state index < -0.39 is 60.3 Å². The molecule has 0 heterocycles. The molecule has 0 aliphatic heterocycles. The van der Waals surface area contributed by atoms with Crippen molar-refractivity contribution in [3.05, 3.63) is 83.9 Å². The summed E-state index contributed by atoms with van der Waals surface area (Å²) in [6, 6.07) is 18.0. The molecule has 0 fully saturated rings. The number of carbonyl (C=O) groups is 5. The van der Waals surface area contributed by atoms with Crippen LogP contribution in [0, 0.1) is 5.92 Å². The standard InChI is InChI=1S/C32H37N3O8/c1-4-42-27(36)18-26(34-32(41)43-19-21-11-6-5-7-12-21)29(37)33-25(30(38)35-28(20(2)3)31(39)40)17-23-15-10-14-22-13-8-9-16-24(22)23/h5-16,20,25-26,28H,4,17-19H2,1-3H3,(H,33,37)(H,34,41)(H,35,38)(H,39,40)/t25-,26-,28-/m0/s1. The molecule has 4 N–H and O–H groups in total. The molecule has 0 bridgehead atoms. The maximum atomic E-state index is 13.5. The highest BCUT2D eigenvalue weighted by Crippen LogP contribution is 2.20. The number of fused-ring (bicyclic) bond motifs is 1. The lowest BCUT2D eigenvalue weighted by Gasteiger charge is -2.25. The number of ether oxygens (including phenoxy) is 2. The Kier molecular flexibility index (Phi) is 12.1. The molecular formula is C32H37N3O8. The number of esters is 1. The minimum Gasteiger partial charge on any atom is -0.480 e. The number of aliphatic carboxylic acids is 1. The summed E-state index contributed by atoms with van der Waals surface area (Å²) in [5.41, 5.74) is 1.45. The van der Waals surface area contributed by atoms with Crippen molar-refractivity contribution in [3.63, 3.8) is 0 Å². The van der Waals surface area contributed by atoms with Gasteiger partial charge in [-0.15, -0.1) is 0 Å². The van der Waals surface area contributed by atoms with Crippen LogP contribution in [0.1, 0.15) is 38.3 Å². The third kappa shape index (κ3) is 9.84. The quantitative estimate of drug-likeness (QED) is 0.208. The summed E-state index contributed by atoms with van der Waals surface area (Å²) in [7, 11) is 0.